The molecule has 10 nitrogen and oxygen atoms in total. The Morgan fingerprint density at radius 2 is 1.97 bits per heavy atom. The van der Waals surface area contributed by atoms with Gasteiger partial charge in [0.2, 0.25) is 5.91 Å². The number of likely N-dealkylation sites (N-methyl/N-ethyl adjacent to an activating group) is 1. The zero-order valence-electron chi connectivity index (χ0n) is 21.5. The molecule has 2 N–H and O–H groups in total. The fourth-order valence-electron chi connectivity index (χ4n) is 4.52. The van der Waals surface area contributed by atoms with Gasteiger partial charge in [0.15, 0.2) is 0 Å². The van der Waals surface area contributed by atoms with Gasteiger partial charge in [-0.25, -0.2) is 9.97 Å². The molecule has 0 aliphatic carbocycles. The predicted molar refractivity (Wildman–Crippen MR) is 148 cm³/mol. The molecule has 4 aromatic rings. The van der Waals surface area contributed by atoms with Crippen LogP contribution in [0.3, 0.4) is 0 Å². The van der Waals surface area contributed by atoms with Gasteiger partial charge in [-0.1, -0.05) is 23.7 Å². The third-order valence-electron chi connectivity index (χ3n) is 6.49. The van der Waals surface area contributed by atoms with Gasteiger partial charge in [-0.05, 0) is 49.5 Å². The number of aliphatic hydroxyl groups is 1. The molecule has 1 fully saturated rings. The van der Waals surface area contributed by atoms with Crippen molar-refractivity contribution < 1.29 is 19.4 Å². The molecular weight excluding hydrogens is 520 g/mol. The van der Waals surface area contributed by atoms with Gasteiger partial charge in [0.05, 0.1) is 27.7 Å². The number of amides is 1. The van der Waals surface area contributed by atoms with Crippen LogP contribution in [0.1, 0.15) is 5.69 Å². The van der Waals surface area contributed by atoms with Crippen molar-refractivity contribution in [2.45, 2.75) is 12.6 Å². The van der Waals surface area contributed by atoms with Crippen LogP contribution in [0.4, 0.5) is 11.5 Å². The molecule has 1 aliphatic rings. The van der Waals surface area contributed by atoms with E-state index in [4.69, 9.17) is 21.1 Å². The van der Waals surface area contributed by atoms with Crippen molar-refractivity contribution in [3.63, 3.8) is 0 Å². The van der Waals surface area contributed by atoms with Crippen LogP contribution in [0.15, 0.2) is 67.1 Å². The second kappa shape index (κ2) is 12.2. The minimum atomic E-state index is -0.522. The van der Waals surface area contributed by atoms with Crippen molar-refractivity contribution in [2.24, 2.45) is 0 Å². The molecular formula is C28H29ClN6O4. The van der Waals surface area contributed by atoms with Crippen LogP contribution in [0.2, 0.25) is 5.02 Å². The summed E-state index contributed by atoms with van der Waals surface area (Å²) in [6.45, 7) is 1.98. The van der Waals surface area contributed by atoms with Gasteiger partial charge < -0.3 is 29.7 Å². The first-order valence-corrected chi connectivity index (χ1v) is 12.9. The van der Waals surface area contributed by atoms with Crippen LogP contribution >= 0.6 is 11.6 Å². The first-order valence-electron chi connectivity index (χ1n) is 12.6. The van der Waals surface area contributed by atoms with Crippen molar-refractivity contribution in [2.75, 3.05) is 45.2 Å². The van der Waals surface area contributed by atoms with Gasteiger partial charge in [0, 0.05) is 31.5 Å². The number of halogens is 1. The van der Waals surface area contributed by atoms with E-state index in [9.17, 15) is 9.90 Å². The predicted octanol–water partition coefficient (Wildman–Crippen LogP) is 3.51. The van der Waals surface area contributed by atoms with E-state index in [2.05, 4.69) is 25.2 Å². The molecule has 0 spiro atoms. The van der Waals surface area contributed by atoms with E-state index in [0.29, 0.717) is 58.6 Å². The normalized spacial score (nSPS) is 15.8. The lowest BCUT2D eigenvalue weighted by Crippen LogP contribution is -2.56. The van der Waals surface area contributed by atoms with Crippen molar-refractivity contribution in [1.82, 2.24) is 24.8 Å². The summed E-state index contributed by atoms with van der Waals surface area (Å²) in [6.07, 6.45) is 3.20. The Hall–Kier alpha value is -3.99. The molecule has 202 valence electrons. The smallest absolute Gasteiger partial charge is 0.248 e. The number of aliphatic hydroxyl groups excluding tert-OH is 1. The highest BCUT2D eigenvalue weighted by Crippen LogP contribution is 2.34. The van der Waals surface area contributed by atoms with E-state index in [0.717, 1.165) is 12.2 Å². The molecule has 1 atom stereocenters. The molecule has 0 radical (unpaired) electrons. The highest BCUT2D eigenvalue weighted by Gasteiger charge is 2.29. The van der Waals surface area contributed by atoms with E-state index in [1.807, 2.05) is 49.5 Å². The van der Waals surface area contributed by atoms with Gasteiger partial charge in [-0.2, -0.15) is 0 Å². The summed E-state index contributed by atoms with van der Waals surface area (Å²) in [7, 11) is 2.00. The van der Waals surface area contributed by atoms with Crippen LogP contribution in [-0.4, -0.2) is 81.7 Å². The molecule has 2 aromatic heterocycles. The Bertz CT molecular complexity index is 1440. The van der Waals surface area contributed by atoms with Gasteiger partial charge in [-0.15, -0.1) is 0 Å². The lowest BCUT2D eigenvalue weighted by Gasteiger charge is -2.39. The minimum absolute atomic E-state index is 0.197. The summed E-state index contributed by atoms with van der Waals surface area (Å²) < 4.78 is 12.1. The van der Waals surface area contributed by atoms with E-state index < -0.39 is 6.61 Å². The van der Waals surface area contributed by atoms with Gasteiger partial charge >= 0.3 is 0 Å². The average Bonchev–Trinajstić information content (AvgIpc) is 2.96. The Kier molecular flexibility index (Phi) is 8.36. The zero-order chi connectivity index (χ0) is 27.2. The van der Waals surface area contributed by atoms with E-state index in [1.54, 1.807) is 23.2 Å². The van der Waals surface area contributed by atoms with Gasteiger partial charge in [0.1, 0.15) is 43.5 Å². The lowest BCUT2D eigenvalue weighted by atomic mass is 10.1. The van der Waals surface area contributed by atoms with Crippen molar-refractivity contribution >= 4 is 39.9 Å². The largest absolute Gasteiger partial charge is 0.491 e. The summed E-state index contributed by atoms with van der Waals surface area (Å²) in [6, 6.07) is 16.5. The Labute approximate surface area is 231 Å². The Balaban J connectivity index is 1.34. The molecule has 1 saturated heterocycles. The highest BCUT2D eigenvalue weighted by atomic mass is 35.5. The molecule has 0 unspecified atom stereocenters. The number of pyridine rings is 1. The molecule has 1 amide bonds. The number of hydrogen-bond acceptors (Lipinski definition) is 9. The van der Waals surface area contributed by atoms with Crippen molar-refractivity contribution in [3.8, 4) is 11.5 Å². The van der Waals surface area contributed by atoms with E-state index >= 15 is 0 Å². The van der Waals surface area contributed by atoms with Crippen LogP contribution in [-0.2, 0) is 11.4 Å². The topological polar surface area (TPSA) is 113 Å². The number of fused-ring (bicyclic) bond motifs is 1. The summed E-state index contributed by atoms with van der Waals surface area (Å²) in [5, 5.41) is 13.9. The van der Waals surface area contributed by atoms with Crippen molar-refractivity contribution in [3.05, 3.63) is 77.8 Å². The van der Waals surface area contributed by atoms with Gasteiger partial charge in [0.25, 0.3) is 0 Å². The number of aromatic nitrogens is 3. The number of rotatable bonds is 9. The van der Waals surface area contributed by atoms with Crippen LogP contribution < -0.4 is 14.8 Å². The van der Waals surface area contributed by atoms with Gasteiger partial charge in [-0.3, -0.25) is 9.78 Å². The monoisotopic (exact) mass is 548 g/mol. The quantitative estimate of drug-likeness (QED) is 0.324. The van der Waals surface area contributed by atoms with E-state index in [-0.39, 0.29) is 18.6 Å². The maximum absolute atomic E-state index is 12.3. The fourth-order valence-corrected chi connectivity index (χ4v) is 4.75. The molecule has 3 heterocycles. The molecule has 2 aromatic carbocycles. The maximum atomic E-state index is 12.3. The highest BCUT2D eigenvalue weighted by molar-refractivity contribution is 6.32. The molecule has 0 bridgehead atoms. The Morgan fingerprint density at radius 1 is 1.08 bits per heavy atom. The van der Waals surface area contributed by atoms with Crippen LogP contribution in [0.5, 0.6) is 11.5 Å². The van der Waals surface area contributed by atoms with E-state index in [1.165, 1.54) is 6.33 Å². The fraction of sp³-hybridized carbons (Fsp3) is 0.286. The molecule has 0 saturated carbocycles. The summed E-state index contributed by atoms with van der Waals surface area (Å²) in [4.78, 5) is 29.2. The summed E-state index contributed by atoms with van der Waals surface area (Å²) in [5.74, 6) is 1.38. The number of nitrogens with zero attached hydrogens (tertiary/aromatic N) is 5. The van der Waals surface area contributed by atoms with Crippen LogP contribution in [0, 0.1) is 0 Å². The third kappa shape index (κ3) is 6.36. The third-order valence-corrected chi connectivity index (χ3v) is 6.79. The number of hydrogen-bond donors (Lipinski definition) is 2. The second-order valence-corrected chi connectivity index (χ2v) is 9.63. The standard InChI is InChI=1S/C28H29ClN6O4/c1-34-11-12-35(26(37)15-36)21(14-34)17-39-25-7-4-6-23-27(25)28(32-18-31-23)33-19-8-9-24(22(29)13-19)38-16-20-5-2-3-10-30-20/h2-10,13,18,21,36H,11-12,14-17H2,1H3,(H,31,32,33)/t21-/m0/s1. The number of anilines is 2. The average molecular weight is 549 g/mol. The minimum Gasteiger partial charge on any atom is -0.491 e. The summed E-state index contributed by atoms with van der Waals surface area (Å²) >= 11 is 6.51. The molecule has 11 heteroatoms. The van der Waals surface area contributed by atoms with Crippen molar-refractivity contribution in [1.29, 1.82) is 0 Å². The first kappa shape index (κ1) is 26.6. The number of ether oxygens (including phenoxy) is 2. The number of carbonyl (C=O) groups excluding carboxylic acids is 1. The van der Waals surface area contributed by atoms with Crippen LogP contribution in [0.25, 0.3) is 10.9 Å². The summed E-state index contributed by atoms with van der Waals surface area (Å²) in [5.41, 5.74) is 2.23. The maximum Gasteiger partial charge on any atom is 0.248 e. The second-order valence-electron chi connectivity index (χ2n) is 9.22. The number of nitrogens with one attached hydrogen (secondary N) is 1. The number of carbonyl (C=O) groups is 1. The number of benzene rings is 2. The lowest BCUT2D eigenvalue weighted by molar-refractivity contribution is -0.139. The SMILES string of the molecule is CN1CCN(C(=O)CO)[C@H](COc2cccc3ncnc(Nc4ccc(OCc5ccccn5)c(Cl)c4)c23)C1. The molecule has 5 rings (SSSR count). The first-order chi connectivity index (χ1) is 19.0. The number of piperazine rings is 1. The zero-order valence-corrected chi connectivity index (χ0v) is 22.2. The molecule has 39 heavy (non-hydrogen) atoms. The molecule has 1 aliphatic heterocycles. The Morgan fingerprint density at radius 3 is 2.77 bits per heavy atom.